The molecular weight excluding hydrogens is 365 g/mol. The van der Waals surface area contributed by atoms with Crippen LogP contribution in [0.3, 0.4) is 0 Å². The molecule has 3 nitrogen and oxygen atoms in total. The lowest BCUT2D eigenvalue weighted by molar-refractivity contribution is -0.910. The molecule has 0 fully saturated rings. The van der Waals surface area contributed by atoms with E-state index in [1.54, 1.807) is 0 Å². The van der Waals surface area contributed by atoms with Gasteiger partial charge in [-0.05, 0) is 32.1 Å². The van der Waals surface area contributed by atoms with E-state index in [-0.39, 0.29) is 0 Å². The molecule has 0 aliphatic rings. The Kier molecular flexibility index (Phi) is 16.4. The van der Waals surface area contributed by atoms with Crippen LogP contribution in [0.2, 0.25) is 0 Å². The van der Waals surface area contributed by atoms with Crippen LogP contribution in [0.5, 0.6) is 0 Å². The predicted molar refractivity (Wildman–Crippen MR) is 123 cm³/mol. The van der Waals surface area contributed by atoms with Crippen LogP contribution in [0.25, 0.3) is 0 Å². The van der Waals surface area contributed by atoms with Gasteiger partial charge in [0, 0.05) is 12.8 Å². The maximum atomic E-state index is 12.1. The highest BCUT2D eigenvalue weighted by Crippen LogP contribution is 2.45. The van der Waals surface area contributed by atoms with Crippen LogP contribution in [-0.2, 0) is 4.57 Å². The van der Waals surface area contributed by atoms with Crippen molar-refractivity contribution in [1.82, 2.24) is 0 Å². The fraction of sp³-hybridized carbons (Fsp3) is 0.917. The first-order valence-corrected chi connectivity index (χ1v) is 13.1. The molecule has 28 heavy (non-hydrogen) atoms. The summed E-state index contributed by atoms with van der Waals surface area (Å²) in [5.41, 5.74) is 0. The van der Waals surface area contributed by atoms with E-state index >= 15 is 0 Å². The summed E-state index contributed by atoms with van der Waals surface area (Å²) in [6.45, 7) is 4.28. The lowest BCUT2D eigenvalue weighted by Crippen LogP contribution is -2.55. The summed E-state index contributed by atoms with van der Waals surface area (Å²) in [4.78, 5) is 12.1. The standard InChI is InChI=1S/C24H49NO2P/c1-6-8-9-10-11-12-13-14-15-16-17-18-19-20-21-23-24(22-7-2,28(26)27)25(3,4)5/h8-9H,6-7,10-23H2,1-5H3/q+1/b9-8-. The highest BCUT2D eigenvalue weighted by molar-refractivity contribution is 7.38. The SMILES string of the molecule is CC/C=C\CCCCCCCCCCCCCC(CCC)([P+](=O)[O-])[N+](C)(C)C. The number of nitrogens with zero attached hydrogens (tertiary/aromatic N) is 1. The monoisotopic (exact) mass is 414 g/mol. The summed E-state index contributed by atoms with van der Waals surface area (Å²) in [6, 6.07) is 0. The van der Waals surface area contributed by atoms with Crippen molar-refractivity contribution in [3.05, 3.63) is 12.2 Å². The van der Waals surface area contributed by atoms with E-state index in [0.717, 1.165) is 32.1 Å². The minimum absolute atomic E-state index is 0.522. The summed E-state index contributed by atoms with van der Waals surface area (Å²) in [6.07, 6.45) is 23.8. The van der Waals surface area contributed by atoms with E-state index in [4.69, 9.17) is 0 Å². The molecule has 0 spiro atoms. The number of allylic oxidation sites excluding steroid dienone is 2. The topological polar surface area (TPSA) is 40.1 Å². The van der Waals surface area contributed by atoms with E-state index in [1.165, 1.54) is 70.6 Å². The molecule has 2 unspecified atom stereocenters. The van der Waals surface area contributed by atoms with Gasteiger partial charge in [0.05, 0.1) is 21.1 Å². The molecule has 0 aromatic carbocycles. The lowest BCUT2D eigenvalue weighted by atomic mass is 9.99. The minimum Gasteiger partial charge on any atom is -0.590 e. The molecule has 2 atom stereocenters. The summed E-state index contributed by atoms with van der Waals surface area (Å²) < 4.78 is 12.6. The Labute approximate surface area is 177 Å². The maximum absolute atomic E-state index is 12.1. The second-order valence-electron chi connectivity index (χ2n) is 9.31. The van der Waals surface area contributed by atoms with Crippen LogP contribution in [0.1, 0.15) is 117 Å². The van der Waals surface area contributed by atoms with Crippen LogP contribution in [0.15, 0.2) is 12.2 Å². The van der Waals surface area contributed by atoms with Crippen molar-refractivity contribution in [3.63, 3.8) is 0 Å². The number of rotatable bonds is 19. The van der Waals surface area contributed by atoms with Crippen molar-refractivity contribution < 1.29 is 13.9 Å². The first-order valence-electron chi connectivity index (χ1n) is 11.9. The van der Waals surface area contributed by atoms with Crippen molar-refractivity contribution in [2.75, 3.05) is 21.1 Å². The average Bonchev–Trinajstić information content (AvgIpc) is 2.62. The molecule has 0 rings (SSSR count). The molecule has 4 heteroatoms. The fourth-order valence-electron chi connectivity index (χ4n) is 4.17. The van der Waals surface area contributed by atoms with Crippen molar-refractivity contribution in [3.8, 4) is 0 Å². The van der Waals surface area contributed by atoms with Crippen molar-refractivity contribution in [1.29, 1.82) is 0 Å². The second-order valence-corrected chi connectivity index (χ2v) is 10.7. The van der Waals surface area contributed by atoms with Crippen LogP contribution in [0.4, 0.5) is 0 Å². The van der Waals surface area contributed by atoms with Gasteiger partial charge in [0.1, 0.15) is 0 Å². The number of hydrogen-bond donors (Lipinski definition) is 0. The molecule has 0 aliphatic heterocycles. The molecule has 0 N–H and O–H groups in total. The van der Waals surface area contributed by atoms with Gasteiger partial charge in [-0.3, -0.25) is 4.48 Å². The number of hydrogen-bond acceptors (Lipinski definition) is 2. The van der Waals surface area contributed by atoms with Crippen LogP contribution in [-0.4, -0.2) is 30.9 Å². The van der Waals surface area contributed by atoms with Gasteiger partial charge in [-0.25, -0.2) is 0 Å². The van der Waals surface area contributed by atoms with Gasteiger partial charge in [0.25, 0.3) is 5.28 Å². The molecule has 0 aliphatic carbocycles. The first kappa shape index (κ1) is 27.8. The Bertz CT molecular complexity index is 417. The van der Waals surface area contributed by atoms with Crippen LogP contribution < -0.4 is 4.89 Å². The van der Waals surface area contributed by atoms with E-state index in [2.05, 4.69) is 26.0 Å². The predicted octanol–water partition coefficient (Wildman–Crippen LogP) is 7.33. The molecule has 0 radical (unpaired) electrons. The van der Waals surface area contributed by atoms with Gasteiger partial charge < -0.3 is 4.89 Å². The largest absolute Gasteiger partial charge is 0.590 e. The highest BCUT2D eigenvalue weighted by atomic mass is 31.1. The Morgan fingerprint density at radius 1 is 0.750 bits per heavy atom. The van der Waals surface area contributed by atoms with E-state index < -0.39 is 13.3 Å². The molecule has 0 saturated heterocycles. The quantitative estimate of drug-likeness (QED) is 0.0960. The van der Waals surface area contributed by atoms with Gasteiger partial charge in [0.2, 0.25) is 0 Å². The smallest absolute Gasteiger partial charge is 0.376 e. The molecule has 166 valence electrons. The summed E-state index contributed by atoms with van der Waals surface area (Å²) in [5, 5.41) is -0.587. The van der Waals surface area contributed by atoms with E-state index in [1.807, 2.05) is 21.1 Å². The molecule has 0 saturated carbocycles. The molecule has 0 amide bonds. The molecule has 0 aromatic heterocycles. The van der Waals surface area contributed by atoms with Crippen molar-refractivity contribution >= 4 is 8.03 Å². The highest BCUT2D eigenvalue weighted by Gasteiger charge is 2.53. The van der Waals surface area contributed by atoms with Gasteiger partial charge in [-0.1, -0.05) is 88.4 Å². The van der Waals surface area contributed by atoms with E-state index in [9.17, 15) is 9.46 Å². The van der Waals surface area contributed by atoms with Crippen LogP contribution in [0, 0.1) is 0 Å². The van der Waals surface area contributed by atoms with Crippen molar-refractivity contribution in [2.45, 2.75) is 122 Å². The zero-order chi connectivity index (χ0) is 21.3. The lowest BCUT2D eigenvalue weighted by Gasteiger charge is -2.39. The Hall–Kier alpha value is -0.240. The maximum Gasteiger partial charge on any atom is 0.376 e. The normalized spacial score (nSPS) is 15.1. The molecular formula is C24H49NO2P+. The fourth-order valence-corrected chi connectivity index (χ4v) is 5.41. The van der Waals surface area contributed by atoms with Gasteiger partial charge in [-0.2, -0.15) is 0 Å². The molecule has 0 aromatic rings. The number of unbranched alkanes of at least 4 members (excludes halogenated alkanes) is 11. The number of quaternary nitrogens is 1. The molecule has 0 heterocycles. The second kappa shape index (κ2) is 16.5. The zero-order valence-corrected chi connectivity index (χ0v) is 20.6. The summed E-state index contributed by atoms with van der Waals surface area (Å²) >= 11 is 0. The Morgan fingerprint density at radius 3 is 1.61 bits per heavy atom. The van der Waals surface area contributed by atoms with E-state index in [0.29, 0.717) is 4.48 Å². The van der Waals surface area contributed by atoms with Gasteiger partial charge >= 0.3 is 8.03 Å². The summed E-state index contributed by atoms with van der Waals surface area (Å²) in [7, 11) is 3.68. The van der Waals surface area contributed by atoms with Crippen LogP contribution >= 0.6 is 8.03 Å². The third kappa shape index (κ3) is 11.7. The first-order chi connectivity index (χ1) is 13.3. The molecule has 0 bridgehead atoms. The van der Waals surface area contributed by atoms with Crippen molar-refractivity contribution in [2.24, 2.45) is 0 Å². The minimum atomic E-state index is -2.42. The third-order valence-corrected chi connectivity index (χ3v) is 7.82. The van der Waals surface area contributed by atoms with Gasteiger partial charge in [-0.15, -0.1) is 0 Å². The third-order valence-electron chi connectivity index (χ3n) is 6.09. The van der Waals surface area contributed by atoms with Gasteiger partial charge in [0.15, 0.2) is 0 Å². The zero-order valence-electron chi connectivity index (χ0n) is 19.7. The Balaban J connectivity index is 3.74. The average molecular weight is 415 g/mol. The summed E-state index contributed by atoms with van der Waals surface area (Å²) in [5.74, 6) is 0. The Morgan fingerprint density at radius 2 is 1.21 bits per heavy atom.